The fourth-order valence-corrected chi connectivity index (χ4v) is 3.07. The molecule has 0 aliphatic heterocycles. The predicted molar refractivity (Wildman–Crippen MR) is 98.6 cm³/mol. The number of pyridine rings is 1. The van der Waals surface area contributed by atoms with Gasteiger partial charge in [-0.05, 0) is 42.0 Å². The Hall–Kier alpha value is -2.47. The van der Waals surface area contributed by atoms with Crippen LogP contribution in [0.15, 0.2) is 36.5 Å². The highest BCUT2D eigenvalue weighted by Gasteiger charge is 2.04. The van der Waals surface area contributed by atoms with Gasteiger partial charge in [0.1, 0.15) is 29.9 Å². The van der Waals surface area contributed by atoms with Crippen LogP contribution in [0.3, 0.4) is 0 Å². The molecule has 6 heteroatoms. The van der Waals surface area contributed by atoms with E-state index >= 15 is 0 Å². The molecule has 0 amide bonds. The molecule has 1 aromatic carbocycles. The number of benzene rings is 1. The van der Waals surface area contributed by atoms with E-state index in [0.29, 0.717) is 5.75 Å². The van der Waals surface area contributed by atoms with Crippen molar-refractivity contribution in [2.75, 3.05) is 32.3 Å². The number of aromatic nitrogens is 2. The number of hydrogen-bond donors (Lipinski definition) is 0. The van der Waals surface area contributed by atoms with Gasteiger partial charge in [-0.2, -0.15) is 0 Å². The highest BCUT2D eigenvalue weighted by Crippen LogP contribution is 2.27. The Kier molecular flexibility index (Phi) is 5.05. The van der Waals surface area contributed by atoms with E-state index in [-0.39, 0.29) is 6.61 Å². The smallest absolute Gasteiger partial charge is 0.127 e. The van der Waals surface area contributed by atoms with Gasteiger partial charge in [0, 0.05) is 20.3 Å². The minimum Gasteiger partial charge on any atom is -0.491 e. The first kappa shape index (κ1) is 16.4. The van der Waals surface area contributed by atoms with Gasteiger partial charge in [0.15, 0.2) is 0 Å². The first-order valence-corrected chi connectivity index (χ1v) is 8.38. The van der Waals surface area contributed by atoms with Gasteiger partial charge in [0.2, 0.25) is 0 Å². The molecule has 0 radical (unpaired) electrons. The standard InChI is InChI=1S/C18H18FN3OS/c1-22(2)17-7-3-13(12-20-17)4-8-18-21-15-6-5-14(23-10-9-19)11-16(15)24-18/h3-8,11-12H,9-10H2,1-2H3/b8-4+/i19-1. The van der Waals surface area contributed by atoms with Gasteiger partial charge in [-0.3, -0.25) is 0 Å². The molecule has 0 aliphatic carbocycles. The molecule has 0 fully saturated rings. The van der Waals surface area contributed by atoms with Crippen LogP contribution in [0.4, 0.5) is 10.2 Å². The van der Waals surface area contributed by atoms with E-state index in [4.69, 9.17) is 4.74 Å². The summed E-state index contributed by atoms with van der Waals surface area (Å²) in [6.45, 7) is -0.414. The monoisotopic (exact) mass is 342 g/mol. The van der Waals surface area contributed by atoms with Gasteiger partial charge in [0.25, 0.3) is 0 Å². The average Bonchev–Trinajstić information content (AvgIpc) is 3.00. The third-order valence-corrected chi connectivity index (χ3v) is 4.35. The molecule has 24 heavy (non-hydrogen) atoms. The van der Waals surface area contributed by atoms with Crippen molar-refractivity contribution in [2.24, 2.45) is 0 Å². The maximum atomic E-state index is 12.2. The van der Waals surface area contributed by atoms with Crippen molar-refractivity contribution in [3.05, 3.63) is 47.1 Å². The van der Waals surface area contributed by atoms with Crippen molar-refractivity contribution >= 4 is 39.5 Å². The number of fused-ring (bicyclic) bond motifs is 1. The zero-order valence-corrected chi connectivity index (χ0v) is 14.4. The number of thiazole rings is 1. The zero-order valence-electron chi connectivity index (χ0n) is 13.6. The third-order valence-electron chi connectivity index (χ3n) is 3.37. The Balaban J connectivity index is 1.76. The summed E-state index contributed by atoms with van der Waals surface area (Å²) in [5.74, 6) is 1.59. The molecule has 2 aromatic heterocycles. The average molecular weight is 342 g/mol. The lowest BCUT2D eigenvalue weighted by Gasteiger charge is -2.10. The van der Waals surface area contributed by atoms with Crippen LogP contribution >= 0.6 is 11.3 Å². The topological polar surface area (TPSA) is 38.2 Å². The molecule has 0 saturated heterocycles. The van der Waals surface area contributed by atoms with Crippen LogP contribution in [0.1, 0.15) is 10.6 Å². The second-order valence-corrected chi connectivity index (χ2v) is 6.46. The van der Waals surface area contributed by atoms with Crippen LogP contribution in [0.5, 0.6) is 5.75 Å². The molecule has 3 rings (SSSR count). The summed E-state index contributed by atoms with van der Waals surface area (Å²) in [5, 5.41) is 0.907. The van der Waals surface area contributed by atoms with E-state index in [2.05, 4.69) is 9.97 Å². The largest absolute Gasteiger partial charge is 0.491 e. The normalized spacial score (nSPS) is 11.3. The number of rotatable bonds is 6. The van der Waals surface area contributed by atoms with Crippen LogP contribution in [-0.4, -0.2) is 37.3 Å². The molecule has 0 aliphatic rings. The summed E-state index contributed by atoms with van der Waals surface area (Å²) in [5.41, 5.74) is 1.93. The van der Waals surface area contributed by atoms with E-state index in [0.717, 1.165) is 26.6 Å². The van der Waals surface area contributed by atoms with Gasteiger partial charge in [-0.25, -0.2) is 14.4 Å². The summed E-state index contributed by atoms with van der Waals surface area (Å²) >= 11 is 1.57. The number of nitrogens with zero attached hydrogens (tertiary/aromatic N) is 3. The second kappa shape index (κ2) is 7.40. The summed E-state index contributed by atoms with van der Waals surface area (Å²) < 4.78 is 18.5. The molecule has 0 unspecified atom stereocenters. The number of ether oxygens (including phenoxy) is 1. The summed E-state index contributed by atoms with van der Waals surface area (Å²) in [6.07, 6.45) is 5.80. The molecule has 124 valence electrons. The van der Waals surface area contributed by atoms with Crippen LogP contribution < -0.4 is 9.64 Å². The Bertz CT molecular complexity index is 843. The van der Waals surface area contributed by atoms with Crippen molar-refractivity contribution < 1.29 is 9.13 Å². The van der Waals surface area contributed by atoms with Crippen molar-refractivity contribution in [3.63, 3.8) is 0 Å². The summed E-state index contributed by atoms with van der Waals surface area (Å²) in [6, 6.07) is 9.61. The van der Waals surface area contributed by atoms with Crippen LogP contribution in [0.2, 0.25) is 0 Å². The van der Waals surface area contributed by atoms with Crippen molar-refractivity contribution in [1.82, 2.24) is 9.97 Å². The highest BCUT2D eigenvalue weighted by atomic mass is 32.1. The molecule has 0 bridgehead atoms. The lowest BCUT2D eigenvalue weighted by molar-refractivity contribution is 0.273. The highest BCUT2D eigenvalue weighted by molar-refractivity contribution is 7.19. The zero-order chi connectivity index (χ0) is 16.9. The number of anilines is 1. The van der Waals surface area contributed by atoms with Crippen LogP contribution in [0, 0.1) is 0 Å². The first-order valence-electron chi connectivity index (χ1n) is 7.56. The third kappa shape index (κ3) is 3.89. The molecule has 0 saturated carbocycles. The lowest BCUT2D eigenvalue weighted by Crippen LogP contribution is -2.09. The fraction of sp³-hybridized carbons (Fsp3) is 0.222. The molecule has 2 heterocycles. The maximum absolute atomic E-state index is 12.2. The lowest BCUT2D eigenvalue weighted by atomic mass is 10.2. The van der Waals surface area contributed by atoms with Crippen LogP contribution in [0.25, 0.3) is 22.4 Å². The van der Waals surface area contributed by atoms with Gasteiger partial charge in [-0.15, -0.1) is 11.3 Å². The van der Waals surface area contributed by atoms with E-state index < -0.39 is 6.67 Å². The summed E-state index contributed by atoms with van der Waals surface area (Å²) in [4.78, 5) is 10.9. The molecule has 4 nitrogen and oxygen atoms in total. The molecule has 3 aromatic rings. The fourth-order valence-electron chi connectivity index (χ4n) is 2.17. The SMILES string of the molecule is CN(C)c1ccc(/C=C/c2nc3ccc(OCC[18F])cc3s2)cn1. The Morgan fingerprint density at radius 2 is 2.08 bits per heavy atom. The first-order chi connectivity index (χ1) is 11.7. The van der Waals surface area contributed by atoms with Crippen molar-refractivity contribution in [2.45, 2.75) is 0 Å². The Morgan fingerprint density at radius 1 is 1.21 bits per heavy atom. The van der Waals surface area contributed by atoms with E-state index in [1.807, 2.05) is 67.7 Å². The summed E-state index contributed by atoms with van der Waals surface area (Å²) in [7, 11) is 3.93. The van der Waals surface area contributed by atoms with Crippen LogP contribution in [-0.2, 0) is 0 Å². The van der Waals surface area contributed by atoms with Gasteiger partial charge in [-0.1, -0.05) is 6.08 Å². The number of alkyl halides is 1. The molecule has 0 spiro atoms. The predicted octanol–water partition coefficient (Wildman–Crippen LogP) is 4.28. The number of hydrogen-bond acceptors (Lipinski definition) is 5. The van der Waals surface area contributed by atoms with Gasteiger partial charge in [0.05, 0.1) is 10.2 Å². The molecular weight excluding hydrogens is 324 g/mol. The molecular formula is C18H18FN3OS. The van der Waals surface area contributed by atoms with Gasteiger partial charge < -0.3 is 9.64 Å². The minimum atomic E-state index is -0.491. The van der Waals surface area contributed by atoms with E-state index in [1.165, 1.54) is 0 Å². The molecule has 0 N–H and O–H groups in total. The Labute approximate surface area is 144 Å². The van der Waals surface area contributed by atoms with Crippen molar-refractivity contribution in [1.29, 1.82) is 0 Å². The van der Waals surface area contributed by atoms with Gasteiger partial charge >= 0.3 is 0 Å². The minimum absolute atomic E-state index is 0.0764. The Morgan fingerprint density at radius 3 is 2.79 bits per heavy atom. The number of halogens is 1. The molecule has 0 atom stereocenters. The van der Waals surface area contributed by atoms with E-state index in [1.54, 1.807) is 11.3 Å². The maximum Gasteiger partial charge on any atom is 0.127 e. The van der Waals surface area contributed by atoms with Crippen molar-refractivity contribution in [3.8, 4) is 5.75 Å². The quantitative estimate of drug-likeness (QED) is 0.670. The second-order valence-electron chi connectivity index (χ2n) is 5.40. The van der Waals surface area contributed by atoms with E-state index in [9.17, 15) is 4.39 Å².